The molecule has 4 heterocycles. The fraction of sp³-hybridized carbons (Fsp3) is 0.304. The fourth-order valence-electron chi connectivity index (χ4n) is 5.53. The molecule has 2 saturated heterocycles. The second-order valence-corrected chi connectivity index (χ2v) is 8.47. The molecule has 0 aliphatic carbocycles. The standard InChI is InChI=1S/C23H20N4O4/c28-22-19-12-16-15-4-1-2-5-17(15)24-20(16)21(13-7-9-14(10-8-13)27(30)31)26(19)23(29)18-6-3-11-25(18)22/h1-2,4-5,7-10,18-19,21,24H,3,6,11-12H2/t18-,19-,21-/m0/s1. The van der Waals surface area contributed by atoms with Crippen LogP contribution in [0.5, 0.6) is 0 Å². The van der Waals surface area contributed by atoms with E-state index in [9.17, 15) is 19.7 Å². The van der Waals surface area contributed by atoms with Crippen molar-refractivity contribution in [2.45, 2.75) is 37.4 Å². The van der Waals surface area contributed by atoms with Crippen LogP contribution in [0, 0.1) is 10.1 Å². The molecule has 3 aromatic rings. The van der Waals surface area contributed by atoms with Crippen molar-refractivity contribution in [3.8, 4) is 0 Å². The highest BCUT2D eigenvalue weighted by Gasteiger charge is 2.53. The van der Waals surface area contributed by atoms with Crippen LogP contribution < -0.4 is 0 Å². The molecule has 3 aliphatic rings. The van der Waals surface area contributed by atoms with Crippen molar-refractivity contribution in [3.63, 3.8) is 0 Å². The average Bonchev–Trinajstić information content (AvgIpc) is 3.41. The third-order valence-electron chi connectivity index (χ3n) is 6.91. The first-order chi connectivity index (χ1) is 15.0. The van der Waals surface area contributed by atoms with Crippen molar-refractivity contribution in [2.75, 3.05) is 6.54 Å². The number of para-hydroxylation sites is 1. The molecular weight excluding hydrogens is 396 g/mol. The summed E-state index contributed by atoms with van der Waals surface area (Å²) in [7, 11) is 0. The molecule has 8 nitrogen and oxygen atoms in total. The van der Waals surface area contributed by atoms with Crippen LogP contribution in [0.4, 0.5) is 5.69 Å². The van der Waals surface area contributed by atoms with E-state index in [-0.39, 0.29) is 17.5 Å². The molecule has 1 aromatic heterocycles. The van der Waals surface area contributed by atoms with Crippen molar-refractivity contribution in [1.29, 1.82) is 0 Å². The predicted molar refractivity (Wildman–Crippen MR) is 112 cm³/mol. The van der Waals surface area contributed by atoms with Gasteiger partial charge in [-0.25, -0.2) is 0 Å². The zero-order valence-corrected chi connectivity index (χ0v) is 16.7. The van der Waals surface area contributed by atoms with Crippen molar-refractivity contribution < 1.29 is 14.5 Å². The molecule has 2 amide bonds. The molecule has 0 bridgehead atoms. The molecule has 0 unspecified atom stereocenters. The highest BCUT2D eigenvalue weighted by atomic mass is 16.6. The second-order valence-electron chi connectivity index (χ2n) is 8.47. The zero-order valence-electron chi connectivity index (χ0n) is 16.7. The number of aromatic nitrogens is 1. The maximum Gasteiger partial charge on any atom is 0.269 e. The van der Waals surface area contributed by atoms with Crippen LogP contribution in [-0.2, 0) is 16.0 Å². The molecule has 8 heteroatoms. The van der Waals surface area contributed by atoms with Crippen LogP contribution in [0.15, 0.2) is 48.5 Å². The third-order valence-corrected chi connectivity index (χ3v) is 6.91. The molecule has 2 aromatic carbocycles. The number of piperazine rings is 1. The van der Waals surface area contributed by atoms with E-state index in [2.05, 4.69) is 4.98 Å². The Kier molecular flexibility index (Phi) is 3.74. The highest BCUT2D eigenvalue weighted by molar-refractivity contribution is 5.99. The summed E-state index contributed by atoms with van der Waals surface area (Å²) < 4.78 is 0. The number of carbonyl (C=O) groups is 2. The SMILES string of the molecule is O=C1[C@@H]2Cc3c([nH]c4ccccc34)[C@H](c3ccc([N+](=O)[O-])cc3)N2C(=O)[C@@H]2CCCN12. The third kappa shape index (κ3) is 2.47. The molecule has 0 radical (unpaired) electrons. The fourth-order valence-corrected chi connectivity index (χ4v) is 5.53. The Balaban J connectivity index is 1.56. The summed E-state index contributed by atoms with van der Waals surface area (Å²) in [5.74, 6) is -0.0281. The van der Waals surface area contributed by atoms with Crippen LogP contribution in [-0.4, -0.2) is 50.1 Å². The van der Waals surface area contributed by atoms with Crippen LogP contribution in [0.3, 0.4) is 0 Å². The van der Waals surface area contributed by atoms with E-state index in [0.717, 1.165) is 34.1 Å². The quantitative estimate of drug-likeness (QED) is 0.513. The summed E-state index contributed by atoms with van der Waals surface area (Å²) in [5, 5.41) is 12.2. The Morgan fingerprint density at radius 2 is 1.77 bits per heavy atom. The van der Waals surface area contributed by atoms with E-state index in [4.69, 9.17) is 0 Å². The number of nitro groups is 1. The summed E-state index contributed by atoms with van der Waals surface area (Å²) in [5.41, 5.74) is 3.64. The molecule has 0 saturated carbocycles. The van der Waals surface area contributed by atoms with Gasteiger partial charge in [-0.05, 0) is 42.2 Å². The Morgan fingerprint density at radius 1 is 1.00 bits per heavy atom. The number of benzene rings is 2. The number of hydrogen-bond acceptors (Lipinski definition) is 4. The number of nitrogens with zero attached hydrogens (tertiary/aromatic N) is 3. The lowest BCUT2D eigenvalue weighted by molar-refractivity contribution is -0.384. The minimum atomic E-state index is -0.561. The van der Waals surface area contributed by atoms with Gasteiger partial charge in [0.15, 0.2) is 0 Å². The Bertz CT molecular complexity index is 1250. The largest absolute Gasteiger partial charge is 0.356 e. The summed E-state index contributed by atoms with van der Waals surface area (Å²) >= 11 is 0. The molecular formula is C23H20N4O4. The molecule has 6 rings (SSSR count). The number of carbonyl (C=O) groups excluding carboxylic acids is 2. The highest BCUT2D eigenvalue weighted by Crippen LogP contribution is 2.44. The summed E-state index contributed by atoms with van der Waals surface area (Å²) in [6, 6.07) is 12.8. The number of fused-ring (bicyclic) bond motifs is 5. The number of hydrogen-bond donors (Lipinski definition) is 1. The van der Waals surface area contributed by atoms with Crippen molar-refractivity contribution in [3.05, 3.63) is 75.5 Å². The van der Waals surface area contributed by atoms with Gasteiger partial charge >= 0.3 is 0 Å². The van der Waals surface area contributed by atoms with Crippen LogP contribution in [0.25, 0.3) is 10.9 Å². The topological polar surface area (TPSA) is 99.5 Å². The van der Waals surface area contributed by atoms with Crippen LogP contribution in [0.2, 0.25) is 0 Å². The first kappa shape index (κ1) is 18.1. The number of nitro benzene ring substituents is 1. The van der Waals surface area contributed by atoms with E-state index < -0.39 is 23.0 Å². The summed E-state index contributed by atoms with van der Waals surface area (Å²) in [6.07, 6.45) is 1.98. The second kappa shape index (κ2) is 6.41. The lowest BCUT2D eigenvalue weighted by atomic mass is 9.85. The summed E-state index contributed by atoms with van der Waals surface area (Å²) in [4.78, 5) is 44.6. The Hall–Kier alpha value is -3.68. The average molecular weight is 416 g/mol. The predicted octanol–water partition coefficient (Wildman–Crippen LogP) is 2.92. The van der Waals surface area contributed by atoms with E-state index in [1.165, 1.54) is 12.1 Å². The number of H-pyrrole nitrogens is 1. The molecule has 2 fully saturated rings. The van der Waals surface area contributed by atoms with Gasteiger partial charge in [0.2, 0.25) is 11.8 Å². The number of nitrogens with one attached hydrogen (secondary N) is 1. The van der Waals surface area contributed by atoms with Crippen molar-refractivity contribution in [2.24, 2.45) is 0 Å². The minimum absolute atomic E-state index is 0.00371. The molecule has 0 spiro atoms. The summed E-state index contributed by atoms with van der Waals surface area (Å²) in [6.45, 7) is 0.628. The van der Waals surface area contributed by atoms with Crippen molar-refractivity contribution in [1.82, 2.24) is 14.8 Å². The van der Waals surface area contributed by atoms with E-state index in [0.29, 0.717) is 19.4 Å². The zero-order chi connectivity index (χ0) is 21.3. The van der Waals surface area contributed by atoms with Gasteiger partial charge in [-0.2, -0.15) is 0 Å². The first-order valence-corrected chi connectivity index (χ1v) is 10.5. The maximum absolute atomic E-state index is 13.6. The van der Waals surface area contributed by atoms with Gasteiger partial charge < -0.3 is 14.8 Å². The molecule has 3 aliphatic heterocycles. The van der Waals surface area contributed by atoms with Gasteiger partial charge in [-0.3, -0.25) is 19.7 Å². The minimum Gasteiger partial charge on any atom is -0.356 e. The van der Waals surface area contributed by atoms with Gasteiger partial charge in [0.25, 0.3) is 5.69 Å². The Labute approximate surface area is 177 Å². The van der Waals surface area contributed by atoms with E-state index >= 15 is 0 Å². The van der Waals surface area contributed by atoms with Gasteiger partial charge in [-0.15, -0.1) is 0 Å². The monoisotopic (exact) mass is 416 g/mol. The lowest BCUT2D eigenvalue weighted by Gasteiger charge is -2.48. The number of aromatic amines is 1. The van der Waals surface area contributed by atoms with E-state index in [1.54, 1.807) is 21.9 Å². The molecule has 31 heavy (non-hydrogen) atoms. The normalized spacial score (nSPS) is 24.8. The molecule has 3 atom stereocenters. The van der Waals surface area contributed by atoms with Crippen LogP contribution >= 0.6 is 0 Å². The van der Waals surface area contributed by atoms with E-state index in [1.807, 2.05) is 24.3 Å². The van der Waals surface area contributed by atoms with Crippen LogP contribution in [0.1, 0.15) is 35.7 Å². The maximum atomic E-state index is 13.6. The van der Waals surface area contributed by atoms with Crippen molar-refractivity contribution >= 4 is 28.4 Å². The first-order valence-electron chi connectivity index (χ1n) is 10.5. The Morgan fingerprint density at radius 3 is 2.55 bits per heavy atom. The molecule has 1 N–H and O–H groups in total. The number of amides is 2. The van der Waals surface area contributed by atoms with Gasteiger partial charge in [-0.1, -0.05) is 18.2 Å². The van der Waals surface area contributed by atoms with Gasteiger partial charge in [0.1, 0.15) is 12.1 Å². The number of rotatable bonds is 2. The molecule has 156 valence electrons. The van der Waals surface area contributed by atoms with Gasteiger partial charge in [0, 0.05) is 41.7 Å². The smallest absolute Gasteiger partial charge is 0.269 e. The lowest BCUT2D eigenvalue weighted by Crippen LogP contribution is -2.65. The van der Waals surface area contributed by atoms with Gasteiger partial charge in [0.05, 0.1) is 11.0 Å². The number of non-ortho nitro benzene ring substituents is 1.